The summed E-state index contributed by atoms with van der Waals surface area (Å²) >= 11 is 0. The molecular weight excluding hydrogens is 302 g/mol. The minimum absolute atomic E-state index is 0.0529. The fraction of sp³-hybridized carbons (Fsp3) is 0. The Bertz CT molecular complexity index is 1020. The standard InChI is InChI=1S/C19H13N3O2/c23-22(24)16-10-11-17-18(12-16)21-19(20-17)15-8-6-14(7-9-15)13-4-2-1-3-5-13/h1-12H,(H,20,21). The second-order valence-electron chi connectivity index (χ2n) is 5.49. The fourth-order valence-electron chi connectivity index (χ4n) is 2.70. The number of nitro benzene ring substituents is 1. The van der Waals surface area contributed by atoms with Crippen LogP contribution in [0.4, 0.5) is 5.69 Å². The van der Waals surface area contributed by atoms with E-state index in [1.807, 2.05) is 42.5 Å². The lowest BCUT2D eigenvalue weighted by Crippen LogP contribution is -1.86. The number of benzene rings is 3. The summed E-state index contributed by atoms with van der Waals surface area (Å²) in [5, 5.41) is 10.9. The molecule has 0 aliphatic carbocycles. The van der Waals surface area contributed by atoms with Crippen LogP contribution in [0.2, 0.25) is 0 Å². The average molecular weight is 315 g/mol. The second kappa shape index (κ2) is 5.62. The van der Waals surface area contributed by atoms with Crippen molar-refractivity contribution in [3.8, 4) is 22.5 Å². The molecule has 0 radical (unpaired) electrons. The summed E-state index contributed by atoms with van der Waals surface area (Å²) in [7, 11) is 0. The number of fused-ring (bicyclic) bond motifs is 1. The number of H-pyrrole nitrogens is 1. The SMILES string of the molecule is O=[N+]([O-])c1ccc2nc(-c3ccc(-c4ccccc4)cc3)[nH]c2c1. The van der Waals surface area contributed by atoms with Crippen molar-refractivity contribution in [2.45, 2.75) is 0 Å². The lowest BCUT2D eigenvalue weighted by molar-refractivity contribution is -0.384. The van der Waals surface area contributed by atoms with E-state index in [2.05, 4.69) is 22.1 Å². The van der Waals surface area contributed by atoms with Crippen LogP contribution in [0.15, 0.2) is 72.8 Å². The Morgan fingerprint density at radius 1 is 0.833 bits per heavy atom. The summed E-state index contributed by atoms with van der Waals surface area (Å²) in [5.41, 5.74) is 4.65. The zero-order valence-corrected chi connectivity index (χ0v) is 12.6. The number of nitro groups is 1. The maximum atomic E-state index is 10.9. The van der Waals surface area contributed by atoms with E-state index in [0.717, 1.165) is 16.7 Å². The molecule has 0 amide bonds. The molecule has 0 fully saturated rings. The van der Waals surface area contributed by atoms with Crippen LogP contribution >= 0.6 is 0 Å². The molecule has 0 saturated heterocycles. The number of aromatic amines is 1. The summed E-state index contributed by atoms with van der Waals surface area (Å²) in [6, 6.07) is 22.8. The number of hydrogen-bond acceptors (Lipinski definition) is 3. The van der Waals surface area contributed by atoms with Crippen LogP contribution in [-0.4, -0.2) is 14.9 Å². The van der Waals surface area contributed by atoms with Crippen molar-refractivity contribution in [3.63, 3.8) is 0 Å². The van der Waals surface area contributed by atoms with Gasteiger partial charge in [-0.1, -0.05) is 54.6 Å². The maximum Gasteiger partial charge on any atom is 0.271 e. The Kier molecular flexibility index (Phi) is 3.31. The highest BCUT2D eigenvalue weighted by molar-refractivity contribution is 5.81. The van der Waals surface area contributed by atoms with E-state index >= 15 is 0 Å². The molecule has 0 aliphatic rings. The highest BCUT2D eigenvalue weighted by Gasteiger charge is 2.10. The molecule has 0 saturated carbocycles. The number of hydrogen-bond donors (Lipinski definition) is 1. The first-order valence-corrected chi connectivity index (χ1v) is 7.51. The Morgan fingerprint density at radius 2 is 1.50 bits per heavy atom. The molecule has 0 bridgehead atoms. The molecule has 1 heterocycles. The van der Waals surface area contributed by atoms with Gasteiger partial charge in [-0.3, -0.25) is 10.1 Å². The van der Waals surface area contributed by atoms with E-state index in [4.69, 9.17) is 0 Å². The Balaban J connectivity index is 1.71. The van der Waals surface area contributed by atoms with Gasteiger partial charge >= 0.3 is 0 Å². The predicted octanol–water partition coefficient (Wildman–Crippen LogP) is 4.81. The number of nitrogens with zero attached hydrogens (tertiary/aromatic N) is 2. The van der Waals surface area contributed by atoms with Crippen LogP contribution < -0.4 is 0 Å². The molecule has 5 nitrogen and oxygen atoms in total. The quantitative estimate of drug-likeness (QED) is 0.436. The van der Waals surface area contributed by atoms with Gasteiger partial charge in [0.2, 0.25) is 0 Å². The van der Waals surface area contributed by atoms with E-state index in [1.54, 1.807) is 6.07 Å². The highest BCUT2D eigenvalue weighted by Crippen LogP contribution is 2.26. The van der Waals surface area contributed by atoms with Gasteiger partial charge in [0.05, 0.1) is 16.0 Å². The number of non-ortho nitro benzene ring substituents is 1. The minimum atomic E-state index is -0.408. The van der Waals surface area contributed by atoms with Crippen molar-refractivity contribution in [2.24, 2.45) is 0 Å². The molecule has 0 unspecified atom stereocenters. The lowest BCUT2D eigenvalue weighted by atomic mass is 10.0. The van der Waals surface area contributed by atoms with Crippen molar-refractivity contribution in [3.05, 3.63) is 82.9 Å². The van der Waals surface area contributed by atoms with Crippen LogP contribution in [0.5, 0.6) is 0 Å². The van der Waals surface area contributed by atoms with Gasteiger partial charge < -0.3 is 4.98 Å². The monoisotopic (exact) mass is 315 g/mol. The Hall–Kier alpha value is -3.47. The summed E-state index contributed by atoms with van der Waals surface area (Å²) in [5.74, 6) is 0.699. The van der Waals surface area contributed by atoms with Gasteiger partial charge in [-0.25, -0.2) is 4.98 Å². The molecule has 5 heteroatoms. The van der Waals surface area contributed by atoms with Gasteiger partial charge in [-0.05, 0) is 17.2 Å². The van der Waals surface area contributed by atoms with Gasteiger partial charge in [0, 0.05) is 17.7 Å². The normalized spacial score (nSPS) is 10.8. The molecule has 4 rings (SSSR count). The average Bonchev–Trinajstić information content (AvgIpc) is 3.06. The zero-order valence-electron chi connectivity index (χ0n) is 12.6. The second-order valence-corrected chi connectivity index (χ2v) is 5.49. The van der Waals surface area contributed by atoms with Crippen LogP contribution in [0.25, 0.3) is 33.5 Å². The first-order chi connectivity index (χ1) is 11.7. The zero-order chi connectivity index (χ0) is 16.5. The van der Waals surface area contributed by atoms with Gasteiger partial charge in [-0.15, -0.1) is 0 Å². The summed E-state index contributed by atoms with van der Waals surface area (Å²) < 4.78 is 0. The van der Waals surface area contributed by atoms with Gasteiger partial charge in [0.25, 0.3) is 5.69 Å². The van der Waals surface area contributed by atoms with Crippen LogP contribution in [0.3, 0.4) is 0 Å². The van der Waals surface area contributed by atoms with Crippen molar-refractivity contribution in [1.82, 2.24) is 9.97 Å². The van der Waals surface area contributed by atoms with Gasteiger partial charge in [0.15, 0.2) is 0 Å². The Morgan fingerprint density at radius 3 is 2.21 bits per heavy atom. The first kappa shape index (κ1) is 14.1. The minimum Gasteiger partial charge on any atom is -0.338 e. The van der Waals surface area contributed by atoms with Gasteiger partial charge in [0.1, 0.15) is 5.82 Å². The number of imidazole rings is 1. The molecular formula is C19H13N3O2. The molecule has 24 heavy (non-hydrogen) atoms. The third-order valence-corrected chi connectivity index (χ3v) is 3.94. The fourth-order valence-corrected chi connectivity index (χ4v) is 2.70. The molecule has 0 spiro atoms. The molecule has 4 aromatic rings. The molecule has 1 N–H and O–H groups in total. The van der Waals surface area contributed by atoms with Crippen molar-refractivity contribution in [2.75, 3.05) is 0 Å². The largest absolute Gasteiger partial charge is 0.338 e. The van der Waals surface area contributed by atoms with E-state index in [0.29, 0.717) is 16.9 Å². The van der Waals surface area contributed by atoms with Crippen molar-refractivity contribution < 1.29 is 4.92 Å². The molecule has 116 valence electrons. The number of aromatic nitrogens is 2. The molecule has 0 atom stereocenters. The Labute approximate surface area is 137 Å². The molecule has 1 aromatic heterocycles. The lowest BCUT2D eigenvalue weighted by Gasteiger charge is -2.02. The topological polar surface area (TPSA) is 71.8 Å². The third-order valence-electron chi connectivity index (χ3n) is 3.94. The van der Waals surface area contributed by atoms with E-state index in [1.165, 1.54) is 12.1 Å². The summed E-state index contributed by atoms with van der Waals surface area (Å²) in [6.45, 7) is 0. The smallest absolute Gasteiger partial charge is 0.271 e. The van der Waals surface area contributed by atoms with Crippen LogP contribution in [0, 0.1) is 10.1 Å². The molecule has 3 aromatic carbocycles. The number of nitrogens with one attached hydrogen (secondary N) is 1. The first-order valence-electron chi connectivity index (χ1n) is 7.51. The summed E-state index contributed by atoms with van der Waals surface area (Å²) in [4.78, 5) is 18.1. The predicted molar refractivity (Wildman–Crippen MR) is 93.6 cm³/mol. The van der Waals surface area contributed by atoms with Crippen LogP contribution in [-0.2, 0) is 0 Å². The maximum absolute atomic E-state index is 10.9. The third kappa shape index (κ3) is 2.52. The van der Waals surface area contributed by atoms with E-state index in [9.17, 15) is 10.1 Å². The van der Waals surface area contributed by atoms with Gasteiger partial charge in [-0.2, -0.15) is 0 Å². The summed E-state index contributed by atoms with van der Waals surface area (Å²) in [6.07, 6.45) is 0. The van der Waals surface area contributed by atoms with E-state index in [-0.39, 0.29) is 5.69 Å². The van der Waals surface area contributed by atoms with Crippen LogP contribution in [0.1, 0.15) is 0 Å². The highest BCUT2D eigenvalue weighted by atomic mass is 16.6. The van der Waals surface area contributed by atoms with E-state index < -0.39 is 4.92 Å². The number of rotatable bonds is 3. The van der Waals surface area contributed by atoms with Crippen molar-refractivity contribution >= 4 is 16.7 Å². The van der Waals surface area contributed by atoms with Crippen molar-refractivity contribution in [1.29, 1.82) is 0 Å². The molecule has 0 aliphatic heterocycles.